The van der Waals surface area contributed by atoms with E-state index in [1.54, 1.807) is 17.3 Å². The van der Waals surface area contributed by atoms with Gasteiger partial charge in [0.05, 0.1) is 6.20 Å². The lowest BCUT2D eigenvalue weighted by Gasteiger charge is -2.16. The Morgan fingerprint density at radius 2 is 1.60 bits per heavy atom. The van der Waals surface area contributed by atoms with E-state index in [4.69, 9.17) is 4.84 Å². The largest absolute Gasteiger partial charge is 0.410 e. The second-order valence-corrected chi connectivity index (χ2v) is 5.68. The SMILES string of the molecule is CCCCCCCCCCCC(CC)On1ccnc1. The van der Waals surface area contributed by atoms with Crippen LogP contribution in [0.25, 0.3) is 0 Å². The smallest absolute Gasteiger partial charge is 0.131 e. The summed E-state index contributed by atoms with van der Waals surface area (Å²) in [6, 6.07) is 0. The molecule has 0 N–H and O–H groups in total. The van der Waals surface area contributed by atoms with Crippen molar-refractivity contribution in [2.75, 3.05) is 0 Å². The first-order valence-electron chi connectivity index (χ1n) is 8.52. The standard InChI is InChI=1S/C17H32N2O/c1-3-5-6-7-8-9-10-11-12-13-17(4-2)20-19-15-14-18-16-19/h14-17H,3-13H2,1-2H3. The van der Waals surface area contributed by atoms with Crippen LogP contribution in [-0.4, -0.2) is 15.8 Å². The first kappa shape index (κ1) is 17.1. The van der Waals surface area contributed by atoms with Crippen LogP contribution in [-0.2, 0) is 0 Å². The Morgan fingerprint density at radius 1 is 0.950 bits per heavy atom. The summed E-state index contributed by atoms with van der Waals surface area (Å²) in [5, 5.41) is 0. The van der Waals surface area contributed by atoms with Crippen molar-refractivity contribution < 1.29 is 4.84 Å². The van der Waals surface area contributed by atoms with Crippen molar-refractivity contribution in [1.82, 2.24) is 9.71 Å². The zero-order valence-electron chi connectivity index (χ0n) is 13.4. The maximum absolute atomic E-state index is 5.83. The number of imidazole rings is 1. The van der Waals surface area contributed by atoms with Crippen molar-refractivity contribution in [2.24, 2.45) is 0 Å². The van der Waals surface area contributed by atoms with Crippen LogP contribution in [0.3, 0.4) is 0 Å². The summed E-state index contributed by atoms with van der Waals surface area (Å²) >= 11 is 0. The second-order valence-electron chi connectivity index (χ2n) is 5.68. The molecule has 0 aliphatic heterocycles. The number of nitrogens with zero attached hydrogens (tertiary/aromatic N) is 2. The quantitative estimate of drug-likeness (QED) is 0.475. The molecule has 1 aromatic heterocycles. The van der Waals surface area contributed by atoms with E-state index >= 15 is 0 Å². The van der Waals surface area contributed by atoms with Crippen molar-refractivity contribution in [2.45, 2.75) is 90.6 Å². The molecular weight excluding hydrogens is 248 g/mol. The Bertz CT molecular complexity index is 298. The molecule has 0 bridgehead atoms. The zero-order chi connectivity index (χ0) is 14.5. The predicted octanol–water partition coefficient (Wildman–Crippen LogP) is 5.01. The third-order valence-corrected chi connectivity index (χ3v) is 3.84. The summed E-state index contributed by atoms with van der Waals surface area (Å²) in [5.41, 5.74) is 0. The van der Waals surface area contributed by atoms with Gasteiger partial charge >= 0.3 is 0 Å². The molecule has 0 saturated heterocycles. The van der Waals surface area contributed by atoms with Gasteiger partial charge in [-0.05, 0) is 19.3 Å². The first-order chi connectivity index (χ1) is 9.86. The molecule has 3 heteroatoms. The van der Waals surface area contributed by atoms with Gasteiger partial charge < -0.3 is 4.84 Å². The molecule has 1 rings (SSSR count). The van der Waals surface area contributed by atoms with Gasteiger partial charge in [0.2, 0.25) is 0 Å². The summed E-state index contributed by atoms with van der Waals surface area (Å²) in [5.74, 6) is 0. The summed E-state index contributed by atoms with van der Waals surface area (Å²) < 4.78 is 1.72. The Balaban J connectivity index is 1.93. The molecule has 20 heavy (non-hydrogen) atoms. The van der Waals surface area contributed by atoms with E-state index in [-0.39, 0.29) is 0 Å². The molecule has 0 aliphatic carbocycles. The van der Waals surface area contributed by atoms with E-state index in [0.29, 0.717) is 6.10 Å². The van der Waals surface area contributed by atoms with Crippen molar-refractivity contribution in [3.63, 3.8) is 0 Å². The third-order valence-electron chi connectivity index (χ3n) is 3.84. The fourth-order valence-electron chi connectivity index (χ4n) is 2.50. The van der Waals surface area contributed by atoms with E-state index in [1.807, 2.05) is 6.20 Å². The summed E-state index contributed by atoms with van der Waals surface area (Å²) in [4.78, 5) is 9.83. The number of rotatable bonds is 13. The maximum Gasteiger partial charge on any atom is 0.131 e. The van der Waals surface area contributed by atoms with Gasteiger partial charge in [-0.1, -0.05) is 65.2 Å². The molecule has 0 saturated carbocycles. The average molecular weight is 280 g/mol. The Morgan fingerprint density at radius 3 is 2.15 bits per heavy atom. The fraction of sp³-hybridized carbons (Fsp3) is 0.824. The molecule has 0 radical (unpaired) electrons. The van der Waals surface area contributed by atoms with Crippen LogP contribution < -0.4 is 4.84 Å². The van der Waals surface area contributed by atoms with Crippen LogP contribution in [0.15, 0.2) is 18.7 Å². The fourth-order valence-corrected chi connectivity index (χ4v) is 2.50. The normalized spacial score (nSPS) is 12.5. The molecule has 0 amide bonds. The van der Waals surface area contributed by atoms with Crippen molar-refractivity contribution in [3.8, 4) is 0 Å². The monoisotopic (exact) mass is 280 g/mol. The topological polar surface area (TPSA) is 27.1 Å². The molecule has 1 heterocycles. The molecule has 0 spiro atoms. The highest BCUT2D eigenvalue weighted by Gasteiger charge is 2.07. The molecule has 1 unspecified atom stereocenters. The van der Waals surface area contributed by atoms with Crippen LogP contribution in [0, 0.1) is 0 Å². The van der Waals surface area contributed by atoms with Gasteiger partial charge in [-0.2, -0.15) is 4.73 Å². The highest BCUT2D eigenvalue weighted by molar-refractivity contribution is 4.71. The van der Waals surface area contributed by atoms with Gasteiger partial charge in [-0.3, -0.25) is 0 Å². The number of hydrogen-bond acceptors (Lipinski definition) is 2. The highest BCUT2D eigenvalue weighted by Crippen LogP contribution is 2.12. The van der Waals surface area contributed by atoms with E-state index in [0.717, 1.165) is 12.8 Å². The number of hydrogen-bond donors (Lipinski definition) is 0. The van der Waals surface area contributed by atoms with Crippen LogP contribution in [0.2, 0.25) is 0 Å². The van der Waals surface area contributed by atoms with Crippen molar-refractivity contribution >= 4 is 0 Å². The van der Waals surface area contributed by atoms with E-state index in [2.05, 4.69) is 18.8 Å². The van der Waals surface area contributed by atoms with Crippen LogP contribution >= 0.6 is 0 Å². The lowest BCUT2D eigenvalue weighted by atomic mass is 10.0. The molecule has 0 aromatic carbocycles. The van der Waals surface area contributed by atoms with Gasteiger partial charge in [0.15, 0.2) is 0 Å². The molecular formula is C17H32N2O. The molecule has 1 atom stereocenters. The van der Waals surface area contributed by atoms with Crippen molar-refractivity contribution in [1.29, 1.82) is 0 Å². The minimum Gasteiger partial charge on any atom is -0.410 e. The first-order valence-corrected chi connectivity index (χ1v) is 8.52. The van der Waals surface area contributed by atoms with E-state index in [1.165, 1.54) is 57.8 Å². The van der Waals surface area contributed by atoms with Gasteiger partial charge in [0, 0.05) is 6.20 Å². The maximum atomic E-state index is 5.83. The van der Waals surface area contributed by atoms with Crippen molar-refractivity contribution in [3.05, 3.63) is 18.7 Å². The lowest BCUT2D eigenvalue weighted by Crippen LogP contribution is -2.23. The minimum absolute atomic E-state index is 0.328. The van der Waals surface area contributed by atoms with E-state index in [9.17, 15) is 0 Å². The summed E-state index contributed by atoms with van der Waals surface area (Å²) in [6.45, 7) is 4.46. The van der Waals surface area contributed by atoms with Crippen LogP contribution in [0.4, 0.5) is 0 Å². The molecule has 1 aromatic rings. The molecule has 116 valence electrons. The Kier molecular flexibility index (Phi) is 10.1. The molecule has 0 aliphatic rings. The molecule has 0 fully saturated rings. The van der Waals surface area contributed by atoms with Gasteiger partial charge in [-0.25, -0.2) is 4.98 Å². The van der Waals surface area contributed by atoms with Crippen LogP contribution in [0.5, 0.6) is 0 Å². The highest BCUT2D eigenvalue weighted by atomic mass is 16.7. The average Bonchev–Trinajstić information content (AvgIpc) is 2.97. The van der Waals surface area contributed by atoms with Gasteiger partial charge in [-0.15, -0.1) is 0 Å². The Hall–Kier alpha value is -0.990. The van der Waals surface area contributed by atoms with E-state index < -0.39 is 0 Å². The second kappa shape index (κ2) is 11.8. The number of unbranched alkanes of at least 4 members (excludes halogenated alkanes) is 8. The van der Waals surface area contributed by atoms with Gasteiger partial charge in [0.1, 0.15) is 12.4 Å². The molecule has 3 nitrogen and oxygen atoms in total. The third kappa shape index (κ3) is 8.23. The predicted molar refractivity (Wildman–Crippen MR) is 84.7 cm³/mol. The van der Waals surface area contributed by atoms with Gasteiger partial charge in [0.25, 0.3) is 0 Å². The summed E-state index contributed by atoms with van der Waals surface area (Å²) in [7, 11) is 0. The Labute approximate surface area is 124 Å². The number of aromatic nitrogens is 2. The summed E-state index contributed by atoms with van der Waals surface area (Å²) in [6.07, 6.45) is 20.3. The van der Waals surface area contributed by atoms with Crippen LogP contribution in [0.1, 0.15) is 84.5 Å². The zero-order valence-corrected chi connectivity index (χ0v) is 13.4. The minimum atomic E-state index is 0.328. The lowest BCUT2D eigenvalue weighted by molar-refractivity contribution is 0.0276.